The Hall–Kier alpha value is -4.10. The van der Waals surface area contributed by atoms with Gasteiger partial charge < -0.3 is 5.73 Å². The van der Waals surface area contributed by atoms with Crippen LogP contribution in [0.1, 0.15) is 168 Å². The van der Waals surface area contributed by atoms with Gasteiger partial charge in [-0.05, 0) is 118 Å². The van der Waals surface area contributed by atoms with E-state index in [1.165, 1.54) is 103 Å². The lowest BCUT2D eigenvalue weighted by molar-refractivity contribution is 0.173. The van der Waals surface area contributed by atoms with Crippen molar-refractivity contribution in [1.29, 1.82) is 0 Å². The predicted molar refractivity (Wildman–Crippen MR) is 259 cm³/mol. The van der Waals surface area contributed by atoms with E-state index in [-0.39, 0.29) is 0 Å². The van der Waals surface area contributed by atoms with E-state index in [0.29, 0.717) is 0 Å². The van der Waals surface area contributed by atoms with Gasteiger partial charge in [-0.25, -0.2) is 0 Å². The van der Waals surface area contributed by atoms with Gasteiger partial charge in [-0.15, -0.1) is 0 Å². The Kier molecular flexibility index (Phi) is 28.8. The molecule has 0 aliphatic heterocycles. The highest BCUT2D eigenvalue weighted by molar-refractivity contribution is 5.70. The number of allylic oxidation sites excluding steroid dienone is 12. The first kappa shape index (κ1) is 51.9. The van der Waals surface area contributed by atoms with E-state index >= 15 is 0 Å². The number of hydrogen-bond donors (Lipinski definition) is 1. The van der Waals surface area contributed by atoms with Gasteiger partial charge in [-0.1, -0.05) is 220 Å². The summed E-state index contributed by atoms with van der Waals surface area (Å²) in [6, 6.07) is 17.3. The summed E-state index contributed by atoms with van der Waals surface area (Å²) < 4.78 is 0. The second kappa shape index (κ2) is 31.0. The molecule has 308 valence electrons. The Labute approximate surface area is 347 Å². The highest BCUT2D eigenvalue weighted by Gasteiger charge is 2.27. The molecule has 0 saturated heterocycles. The minimum atomic E-state index is 0.762. The molecule has 0 bridgehead atoms. The summed E-state index contributed by atoms with van der Waals surface area (Å²) in [4.78, 5) is 0. The second-order valence-corrected chi connectivity index (χ2v) is 15.3. The molecule has 0 spiro atoms. The fourth-order valence-electron chi connectivity index (χ4n) is 6.71. The van der Waals surface area contributed by atoms with E-state index < -0.39 is 0 Å². The van der Waals surface area contributed by atoms with Crippen LogP contribution in [-0.4, -0.2) is 0 Å². The van der Waals surface area contributed by atoms with Gasteiger partial charge in [0.05, 0.1) is 0 Å². The average Bonchev–Trinajstić information content (AvgIpc) is 3.21. The molecule has 0 amide bonds. The molecule has 56 heavy (non-hydrogen) atoms. The summed E-state index contributed by atoms with van der Waals surface area (Å²) >= 11 is 0. The molecule has 0 radical (unpaired) electrons. The third-order valence-electron chi connectivity index (χ3n) is 11.2. The van der Waals surface area contributed by atoms with Crippen molar-refractivity contribution in [1.82, 2.24) is 0 Å². The topological polar surface area (TPSA) is 26.0 Å². The van der Waals surface area contributed by atoms with E-state index in [1.807, 2.05) is 65.0 Å². The van der Waals surface area contributed by atoms with Crippen LogP contribution >= 0.6 is 0 Å². The number of hydrogen-bond acceptors (Lipinski definition) is 1. The Morgan fingerprint density at radius 1 is 0.804 bits per heavy atom. The van der Waals surface area contributed by atoms with E-state index in [1.54, 1.807) is 6.08 Å². The molecule has 1 heteroatoms. The van der Waals surface area contributed by atoms with Gasteiger partial charge in [0.2, 0.25) is 0 Å². The highest BCUT2D eigenvalue weighted by atomic mass is 14.6. The molecule has 2 aromatic rings. The third-order valence-corrected chi connectivity index (χ3v) is 11.2. The molecular formula is C55H83N. The zero-order valence-electron chi connectivity index (χ0n) is 37.9. The van der Waals surface area contributed by atoms with E-state index in [9.17, 15) is 0 Å². The fourth-order valence-corrected chi connectivity index (χ4v) is 6.71. The maximum atomic E-state index is 5.66. The fraction of sp³-hybridized carbons (Fsp3) is 0.455. The van der Waals surface area contributed by atoms with E-state index in [4.69, 9.17) is 5.73 Å². The lowest BCUT2D eigenvalue weighted by Crippen LogP contribution is -2.21. The van der Waals surface area contributed by atoms with Crippen molar-refractivity contribution in [2.45, 2.75) is 153 Å². The van der Waals surface area contributed by atoms with Crippen LogP contribution in [0.4, 0.5) is 0 Å². The third kappa shape index (κ3) is 21.3. The minimum absolute atomic E-state index is 0.762. The molecule has 0 aromatic heterocycles. The number of rotatable bonds is 14. The molecule has 2 aromatic carbocycles. The van der Waals surface area contributed by atoms with Crippen molar-refractivity contribution in [3.05, 3.63) is 162 Å². The molecular weight excluding hydrogens is 675 g/mol. The van der Waals surface area contributed by atoms with Crippen LogP contribution in [0.15, 0.2) is 140 Å². The summed E-state index contributed by atoms with van der Waals surface area (Å²) in [5.41, 5.74) is 18.5. The molecule has 0 atom stereocenters. The predicted octanol–water partition coefficient (Wildman–Crippen LogP) is 17.6. The molecule has 2 fully saturated rings. The summed E-state index contributed by atoms with van der Waals surface area (Å²) in [5.74, 6) is 0.878. The quantitative estimate of drug-likeness (QED) is 0.191. The van der Waals surface area contributed by atoms with Gasteiger partial charge in [-0.3, -0.25) is 0 Å². The first-order chi connectivity index (χ1) is 26.9. The second-order valence-electron chi connectivity index (χ2n) is 15.3. The summed E-state index contributed by atoms with van der Waals surface area (Å²) in [7, 11) is 0. The Balaban J connectivity index is 0.000000804. The number of aryl methyl sites for hydroxylation is 1. The van der Waals surface area contributed by atoms with Gasteiger partial charge in [0, 0.05) is 5.70 Å². The van der Waals surface area contributed by atoms with Crippen molar-refractivity contribution < 1.29 is 0 Å². The van der Waals surface area contributed by atoms with Crippen LogP contribution in [0.3, 0.4) is 0 Å². The van der Waals surface area contributed by atoms with Gasteiger partial charge in [0.1, 0.15) is 0 Å². The van der Waals surface area contributed by atoms with Crippen LogP contribution < -0.4 is 5.73 Å². The van der Waals surface area contributed by atoms with Gasteiger partial charge in [0.25, 0.3) is 0 Å². The van der Waals surface area contributed by atoms with Crippen LogP contribution in [0, 0.1) is 18.3 Å². The number of benzene rings is 2. The van der Waals surface area contributed by atoms with Crippen molar-refractivity contribution in [3.8, 4) is 0 Å². The standard InChI is InChI=1S/C25H32.C10H20.C9H15N.C9H10.C2H6/c1-5-7-8-10-20(3)13-14-23(6-2)25-17-15-24(16-18-25)21(4)19-22-11-9-12-22;1-3-10(4-2)8-6-5-7-9-10;1-5-6-9(10)8(4)7(2)3;1-3-9-6-4-8(2)5-7-9;1-2/h5,7-8,10,14-18,22H,1,4,6,9,11-13,19H2,2-3H3;3-9H2,1-2H3;5-6H,2,10H2,1,3-4H3;3-7H,1H2,2H3;1-2H3/b8-7-,20-10-,23-14+;;6-5-,9-8-;;. The molecule has 4 rings (SSSR count). The van der Waals surface area contributed by atoms with Gasteiger partial charge in [-0.2, -0.15) is 0 Å². The first-order valence-electron chi connectivity index (χ1n) is 21.7. The molecule has 1 nitrogen and oxygen atoms in total. The number of nitrogens with two attached hydrogens (primary N) is 1. The lowest BCUT2D eigenvalue weighted by atomic mass is 9.71. The van der Waals surface area contributed by atoms with Crippen LogP contribution in [0.2, 0.25) is 0 Å². The molecule has 2 aliphatic carbocycles. The van der Waals surface area contributed by atoms with E-state index in [2.05, 4.69) is 122 Å². The van der Waals surface area contributed by atoms with Gasteiger partial charge >= 0.3 is 0 Å². The monoisotopic (exact) mass is 758 g/mol. The summed E-state index contributed by atoms with van der Waals surface area (Å²) in [6.45, 7) is 36.5. The molecule has 2 aliphatic rings. The zero-order valence-corrected chi connectivity index (χ0v) is 37.9. The summed E-state index contributed by atoms with van der Waals surface area (Å²) in [6.07, 6.45) is 33.6. The Bertz CT molecular complexity index is 1550. The Morgan fingerprint density at radius 3 is 1.80 bits per heavy atom. The SMILES string of the molecule is C=C(C)/C(C)=C(N)/C=C\C.C=C/C=C\C=C(\C)C/C=C(\CC)c1ccc(C(=C)CC2CCC2)cc1.C=Cc1ccc(C)cc1.CC.CCC1(CC)CCCCC1. The van der Waals surface area contributed by atoms with E-state index in [0.717, 1.165) is 47.4 Å². The van der Waals surface area contributed by atoms with Crippen molar-refractivity contribution in [2.75, 3.05) is 0 Å². The maximum absolute atomic E-state index is 5.66. The van der Waals surface area contributed by atoms with Crippen molar-refractivity contribution in [3.63, 3.8) is 0 Å². The van der Waals surface area contributed by atoms with Crippen LogP contribution in [0.25, 0.3) is 17.2 Å². The highest BCUT2D eigenvalue weighted by Crippen LogP contribution is 2.41. The first-order valence-corrected chi connectivity index (χ1v) is 21.7. The van der Waals surface area contributed by atoms with Gasteiger partial charge in [0.15, 0.2) is 0 Å². The molecule has 0 unspecified atom stereocenters. The maximum Gasteiger partial charge on any atom is 0.0342 e. The average molecular weight is 758 g/mol. The molecule has 2 saturated carbocycles. The minimum Gasteiger partial charge on any atom is -0.399 e. The lowest BCUT2D eigenvalue weighted by Gasteiger charge is -2.35. The molecule has 0 heterocycles. The van der Waals surface area contributed by atoms with Crippen molar-refractivity contribution >= 4 is 17.2 Å². The smallest absolute Gasteiger partial charge is 0.0342 e. The van der Waals surface area contributed by atoms with Crippen LogP contribution in [-0.2, 0) is 0 Å². The Morgan fingerprint density at radius 2 is 1.38 bits per heavy atom. The largest absolute Gasteiger partial charge is 0.399 e. The van der Waals surface area contributed by atoms with Crippen molar-refractivity contribution in [2.24, 2.45) is 17.1 Å². The van der Waals surface area contributed by atoms with Crippen LogP contribution in [0.5, 0.6) is 0 Å². The normalized spacial score (nSPS) is 15.5. The zero-order chi connectivity index (χ0) is 42.4. The molecule has 2 N–H and O–H groups in total. The summed E-state index contributed by atoms with van der Waals surface area (Å²) in [5, 5.41) is 0.